The van der Waals surface area contributed by atoms with Crippen LogP contribution in [0, 0.1) is 5.92 Å². The van der Waals surface area contributed by atoms with Crippen LogP contribution in [0.4, 0.5) is 0 Å². The van der Waals surface area contributed by atoms with Crippen LogP contribution in [-0.2, 0) is 9.53 Å². The minimum absolute atomic E-state index is 0.0647. The zero-order valence-electron chi connectivity index (χ0n) is 8.75. The molecule has 1 N–H and O–H groups in total. The third-order valence-electron chi connectivity index (χ3n) is 1.86. The quantitative estimate of drug-likeness (QED) is 0.666. The zero-order chi connectivity index (χ0) is 10.3. The lowest BCUT2D eigenvalue weighted by Crippen LogP contribution is -2.12. The molecular weight excluding hydrogens is 168 g/mol. The van der Waals surface area contributed by atoms with Crippen molar-refractivity contribution in [2.24, 2.45) is 5.92 Å². The molecule has 0 fully saturated rings. The summed E-state index contributed by atoms with van der Waals surface area (Å²) in [5, 5.41) is 8.42. The van der Waals surface area contributed by atoms with Gasteiger partial charge in [-0.2, -0.15) is 0 Å². The largest absolute Gasteiger partial charge is 0.481 e. The number of carbonyl (C=O) groups is 1. The van der Waals surface area contributed by atoms with E-state index in [1.807, 2.05) is 6.92 Å². The van der Waals surface area contributed by atoms with Gasteiger partial charge in [0.15, 0.2) is 0 Å². The summed E-state index contributed by atoms with van der Waals surface area (Å²) in [6.07, 6.45) is 1.91. The number of carboxylic acid groups (broad SMARTS) is 1. The fraction of sp³-hybridized carbons (Fsp3) is 0.900. The highest BCUT2D eigenvalue weighted by atomic mass is 16.5. The smallest absolute Gasteiger partial charge is 0.303 e. The van der Waals surface area contributed by atoms with E-state index in [1.54, 1.807) is 0 Å². The van der Waals surface area contributed by atoms with E-state index in [0.29, 0.717) is 12.3 Å². The van der Waals surface area contributed by atoms with Gasteiger partial charge in [-0.3, -0.25) is 4.79 Å². The molecule has 3 nitrogen and oxygen atoms in total. The van der Waals surface area contributed by atoms with E-state index in [-0.39, 0.29) is 12.5 Å². The Bertz CT molecular complexity index is 143. The van der Waals surface area contributed by atoms with Gasteiger partial charge < -0.3 is 9.84 Å². The monoisotopic (exact) mass is 188 g/mol. The van der Waals surface area contributed by atoms with Crippen LogP contribution in [0.3, 0.4) is 0 Å². The van der Waals surface area contributed by atoms with Crippen LogP contribution in [0.25, 0.3) is 0 Å². The first kappa shape index (κ1) is 12.4. The molecule has 1 unspecified atom stereocenters. The number of hydrogen-bond acceptors (Lipinski definition) is 2. The van der Waals surface area contributed by atoms with Crippen molar-refractivity contribution in [3.63, 3.8) is 0 Å². The number of aliphatic carboxylic acids is 1. The first-order valence-electron chi connectivity index (χ1n) is 4.85. The molecule has 3 heteroatoms. The van der Waals surface area contributed by atoms with E-state index in [1.165, 1.54) is 0 Å². The van der Waals surface area contributed by atoms with E-state index in [2.05, 4.69) is 13.8 Å². The number of ether oxygens (including phenoxy) is 1. The van der Waals surface area contributed by atoms with Crippen molar-refractivity contribution >= 4 is 5.97 Å². The summed E-state index contributed by atoms with van der Waals surface area (Å²) < 4.78 is 5.44. The second-order valence-corrected chi connectivity index (χ2v) is 3.80. The van der Waals surface area contributed by atoms with E-state index < -0.39 is 5.97 Å². The van der Waals surface area contributed by atoms with Gasteiger partial charge in [-0.15, -0.1) is 0 Å². The fourth-order valence-electron chi connectivity index (χ4n) is 0.915. The number of carboxylic acids is 1. The van der Waals surface area contributed by atoms with Crippen LogP contribution >= 0.6 is 0 Å². The number of hydrogen-bond donors (Lipinski definition) is 1. The van der Waals surface area contributed by atoms with Gasteiger partial charge in [0.05, 0.1) is 6.10 Å². The molecule has 0 rings (SSSR count). The van der Waals surface area contributed by atoms with Crippen molar-refractivity contribution in [2.45, 2.75) is 46.1 Å². The lowest BCUT2D eigenvalue weighted by Gasteiger charge is -2.12. The summed E-state index contributed by atoms with van der Waals surface area (Å²) in [7, 11) is 0. The van der Waals surface area contributed by atoms with Crippen LogP contribution in [0.1, 0.15) is 40.0 Å². The lowest BCUT2D eigenvalue weighted by molar-refractivity contribution is -0.137. The Hall–Kier alpha value is -0.570. The minimum atomic E-state index is -0.751. The Morgan fingerprint density at radius 1 is 1.31 bits per heavy atom. The van der Waals surface area contributed by atoms with Crippen molar-refractivity contribution in [3.05, 3.63) is 0 Å². The van der Waals surface area contributed by atoms with E-state index >= 15 is 0 Å². The first-order valence-corrected chi connectivity index (χ1v) is 4.85. The first-order chi connectivity index (χ1) is 6.02. The van der Waals surface area contributed by atoms with E-state index in [4.69, 9.17) is 9.84 Å². The van der Waals surface area contributed by atoms with Gasteiger partial charge in [-0.05, 0) is 25.7 Å². The second-order valence-electron chi connectivity index (χ2n) is 3.80. The molecule has 0 aliphatic rings. The molecule has 0 aromatic rings. The molecule has 0 bridgehead atoms. The summed E-state index contributed by atoms with van der Waals surface area (Å²) in [5.41, 5.74) is 0. The highest BCUT2D eigenvalue weighted by molar-refractivity contribution is 5.66. The van der Waals surface area contributed by atoms with Crippen molar-refractivity contribution in [2.75, 3.05) is 6.61 Å². The SMILES string of the molecule is CC(C)CCOC(C)CCC(=O)O. The lowest BCUT2D eigenvalue weighted by atomic mass is 10.1. The highest BCUT2D eigenvalue weighted by Gasteiger charge is 2.05. The third-order valence-corrected chi connectivity index (χ3v) is 1.86. The van der Waals surface area contributed by atoms with Gasteiger partial charge in [0, 0.05) is 13.0 Å². The Labute approximate surface area is 80.1 Å². The molecule has 0 saturated carbocycles. The Morgan fingerprint density at radius 2 is 1.92 bits per heavy atom. The van der Waals surface area contributed by atoms with Crippen LogP contribution in [0.15, 0.2) is 0 Å². The van der Waals surface area contributed by atoms with Crippen LogP contribution in [-0.4, -0.2) is 23.8 Å². The molecule has 1 atom stereocenters. The molecule has 0 radical (unpaired) electrons. The van der Waals surface area contributed by atoms with Crippen molar-refractivity contribution in [3.8, 4) is 0 Å². The average Bonchev–Trinajstić information content (AvgIpc) is 2.00. The van der Waals surface area contributed by atoms with Crippen LogP contribution < -0.4 is 0 Å². The molecule has 0 spiro atoms. The summed E-state index contributed by atoms with van der Waals surface area (Å²) in [6.45, 7) is 6.94. The molecule has 0 aromatic heterocycles. The van der Waals surface area contributed by atoms with Gasteiger partial charge in [-0.1, -0.05) is 13.8 Å². The topological polar surface area (TPSA) is 46.5 Å². The summed E-state index contributed by atoms with van der Waals surface area (Å²) in [4.78, 5) is 10.2. The summed E-state index contributed by atoms with van der Waals surface area (Å²) in [6, 6.07) is 0. The predicted molar refractivity (Wildman–Crippen MR) is 51.7 cm³/mol. The Kier molecular flexibility index (Phi) is 6.59. The maximum atomic E-state index is 10.2. The van der Waals surface area contributed by atoms with Crippen LogP contribution in [0.2, 0.25) is 0 Å². The molecule has 13 heavy (non-hydrogen) atoms. The molecule has 0 aromatic carbocycles. The third kappa shape index (κ3) is 9.34. The van der Waals surface area contributed by atoms with Gasteiger partial charge >= 0.3 is 5.97 Å². The zero-order valence-corrected chi connectivity index (χ0v) is 8.75. The van der Waals surface area contributed by atoms with Gasteiger partial charge in [-0.25, -0.2) is 0 Å². The Balaban J connectivity index is 3.30. The molecule has 78 valence electrons. The molecule has 0 amide bonds. The fourth-order valence-corrected chi connectivity index (χ4v) is 0.915. The van der Waals surface area contributed by atoms with Crippen molar-refractivity contribution in [1.29, 1.82) is 0 Å². The van der Waals surface area contributed by atoms with E-state index in [0.717, 1.165) is 13.0 Å². The maximum Gasteiger partial charge on any atom is 0.303 e. The molecule has 0 aliphatic heterocycles. The van der Waals surface area contributed by atoms with Crippen molar-refractivity contribution < 1.29 is 14.6 Å². The molecule has 0 heterocycles. The molecule has 0 aliphatic carbocycles. The summed E-state index contributed by atoms with van der Waals surface area (Å²) in [5.74, 6) is -0.106. The predicted octanol–water partition coefficient (Wildman–Crippen LogP) is 2.30. The standard InChI is InChI=1S/C10H20O3/c1-8(2)6-7-13-9(3)4-5-10(11)12/h8-9H,4-7H2,1-3H3,(H,11,12). The highest BCUT2D eigenvalue weighted by Crippen LogP contribution is 2.05. The maximum absolute atomic E-state index is 10.2. The van der Waals surface area contributed by atoms with E-state index in [9.17, 15) is 4.79 Å². The van der Waals surface area contributed by atoms with Gasteiger partial charge in [0.25, 0.3) is 0 Å². The van der Waals surface area contributed by atoms with Gasteiger partial charge in [0.2, 0.25) is 0 Å². The Morgan fingerprint density at radius 3 is 2.38 bits per heavy atom. The summed E-state index contributed by atoms with van der Waals surface area (Å²) >= 11 is 0. The number of rotatable bonds is 7. The molecule has 0 saturated heterocycles. The minimum Gasteiger partial charge on any atom is -0.481 e. The van der Waals surface area contributed by atoms with Crippen LogP contribution in [0.5, 0.6) is 0 Å². The van der Waals surface area contributed by atoms with Gasteiger partial charge in [0.1, 0.15) is 0 Å². The normalized spacial score (nSPS) is 13.2. The second kappa shape index (κ2) is 6.89. The van der Waals surface area contributed by atoms with Crippen molar-refractivity contribution in [1.82, 2.24) is 0 Å². The molecular formula is C10H20O3. The average molecular weight is 188 g/mol.